The monoisotopic (exact) mass is 227 g/mol. The van der Waals surface area contributed by atoms with Crippen LogP contribution in [0.25, 0.3) is 0 Å². The first-order valence-electron chi connectivity index (χ1n) is 6.71. The Balaban J connectivity index is 1.78. The van der Waals surface area contributed by atoms with Gasteiger partial charge in [0.25, 0.3) is 0 Å². The average molecular weight is 227 g/mol. The minimum absolute atomic E-state index is 0.239. The van der Waals surface area contributed by atoms with E-state index in [1.807, 2.05) is 0 Å². The van der Waals surface area contributed by atoms with Gasteiger partial charge in [-0.05, 0) is 32.7 Å². The molecule has 2 aliphatic rings. The molecule has 2 rings (SSSR count). The maximum absolute atomic E-state index is 8.87. The first kappa shape index (κ1) is 12.3. The molecular weight excluding hydrogens is 202 g/mol. The maximum Gasteiger partial charge on any atom is 0.0710 e. The lowest BCUT2D eigenvalue weighted by Crippen LogP contribution is -2.36. The highest BCUT2D eigenvalue weighted by molar-refractivity contribution is 4.91. The third-order valence-electron chi connectivity index (χ3n) is 4.10. The lowest BCUT2D eigenvalue weighted by molar-refractivity contribution is -0.0706. The van der Waals surface area contributed by atoms with Crippen molar-refractivity contribution >= 4 is 0 Å². The van der Waals surface area contributed by atoms with E-state index in [9.17, 15) is 0 Å². The summed E-state index contributed by atoms with van der Waals surface area (Å²) >= 11 is 0. The number of hydrogen-bond donors (Lipinski definition) is 1. The maximum atomic E-state index is 8.87. The van der Waals surface area contributed by atoms with Gasteiger partial charge in [-0.25, -0.2) is 0 Å². The van der Waals surface area contributed by atoms with Gasteiger partial charge in [-0.3, -0.25) is 0 Å². The quantitative estimate of drug-likeness (QED) is 0.795. The molecule has 0 bridgehead atoms. The van der Waals surface area contributed by atoms with Crippen LogP contribution in [0.4, 0.5) is 0 Å². The molecule has 3 nitrogen and oxygen atoms in total. The van der Waals surface area contributed by atoms with Gasteiger partial charge < -0.3 is 14.7 Å². The van der Waals surface area contributed by atoms with Gasteiger partial charge in [0.05, 0.1) is 18.3 Å². The number of likely N-dealkylation sites (N-methyl/N-ethyl adjacent to an activating group) is 1. The molecule has 16 heavy (non-hydrogen) atoms. The largest absolute Gasteiger partial charge is 0.395 e. The molecule has 3 heteroatoms. The molecule has 0 aromatic heterocycles. The third kappa shape index (κ3) is 2.96. The summed E-state index contributed by atoms with van der Waals surface area (Å²) in [6.45, 7) is 1.98. The molecule has 0 aromatic carbocycles. The van der Waals surface area contributed by atoms with Gasteiger partial charge in [0.15, 0.2) is 0 Å². The van der Waals surface area contributed by atoms with Crippen LogP contribution in [0.2, 0.25) is 0 Å². The summed E-state index contributed by atoms with van der Waals surface area (Å²) in [5.41, 5.74) is 0.239. The van der Waals surface area contributed by atoms with E-state index in [0.717, 1.165) is 13.1 Å². The zero-order valence-corrected chi connectivity index (χ0v) is 10.5. The van der Waals surface area contributed by atoms with Gasteiger partial charge in [-0.2, -0.15) is 0 Å². The predicted molar refractivity (Wildman–Crippen MR) is 64.5 cm³/mol. The van der Waals surface area contributed by atoms with Crippen molar-refractivity contribution in [3.63, 3.8) is 0 Å². The van der Waals surface area contributed by atoms with Crippen LogP contribution >= 0.6 is 0 Å². The third-order valence-corrected chi connectivity index (χ3v) is 4.10. The van der Waals surface area contributed by atoms with Crippen molar-refractivity contribution < 1.29 is 9.84 Å². The van der Waals surface area contributed by atoms with Gasteiger partial charge in [0.2, 0.25) is 0 Å². The van der Waals surface area contributed by atoms with Gasteiger partial charge in [0, 0.05) is 13.1 Å². The average Bonchev–Trinajstić information content (AvgIpc) is 2.63. The fraction of sp³-hybridized carbons (Fsp3) is 1.00. The Hall–Kier alpha value is -0.120. The summed E-state index contributed by atoms with van der Waals surface area (Å²) in [5.74, 6) is 0. The van der Waals surface area contributed by atoms with Gasteiger partial charge in [0.1, 0.15) is 0 Å². The van der Waals surface area contributed by atoms with Crippen LogP contribution in [0.3, 0.4) is 0 Å². The predicted octanol–water partition coefficient (Wildman–Crippen LogP) is 1.79. The Labute approximate surface area is 98.8 Å². The molecule has 1 atom stereocenters. The van der Waals surface area contributed by atoms with Gasteiger partial charge in [-0.1, -0.05) is 19.3 Å². The van der Waals surface area contributed by atoms with E-state index in [0.29, 0.717) is 6.10 Å². The number of hydrogen-bond acceptors (Lipinski definition) is 3. The minimum Gasteiger partial charge on any atom is -0.395 e. The van der Waals surface area contributed by atoms with E-state index >= 15 is 0 Å². The molecule has 0 radical (unpaired) electrons. The number of aliphatic hydroxyl groups excluding tert-OH is 1. The van der Waals surface area contributed by atoms with E-state index in [-0.39, 0.29) is 12.2 Å². The Kier molecular flexibility index (Phi) is 4.22. The zero-order valence-electron chi connectivity index (χ0n) is 10.5. The summed E-state index contributed by atoms with van der Waals surface area (Å²) in [5, 5.41) is 8.87. The van der Waals surface area contributed by atoms with E-state index in [1.54, 1.807) is 0 Å². The molecule has 0 aromatic rings. The van der Waals surface area contributed by atoms with Gasteiger partial charge in [-0.15, -0.1) is 0 Å². The summed E-state index contributed by atoms with van der Waals surface area (Å²) in [7, 11) is 2.06. The summed E-state index contributed by atoms with van der Waals surface area (Å²) in [4.78, 5) is 2.17. The standard InChI is InChI=1S/C13H25NO2/c1-14(9-10-15)11-12-5-8-13(16-12)6-3-2-4-7-13/h12,15H,2-11H2,1H3. The van der Waals surface area contributed by atoms with E-state index in [2.05, 4.69) is 11.9 Å². The van der Waals surface area contributed by atoms with Crippen molar-refractivity contribution in [2.75, 3.05) is 26.7 Å². The van der Waals surface area contributed by atoms with Crippen LogP contribution in [-0.2, 0) is 4.74 Å². The molecule has 0 amide bonds. The van der Waals surface area contributed by atoms with Crippen molar-refractivity contribution in [2.45, 2.75) is 56.7 Å². The molecule has 2 fully saturated rings. The summed E-state index contributed by atoms with van der Waals surface area (Å²) in [6, 6.07) is 0. The lowest BCUT2D eigenvalue weighted by atomic mass is 9.83. The molecule has 1 N–H and O–H groups in total. The molecule has 1 aliphatic carbocycles. The second-order valence-electron chi connectivity index (χ2n) is 5.51. The van der Waals surface area contributed by atoms with Crippen LogP contribution in [0, 0.1) is 0 Å². The number of aliphatic hydroxyl groups is 1. The van der Waals surface area contributed by atoms with Gasteiger partial charge >= 0.3 is 0 Å². The smallest absolute Gasteiger partial charge is 0.0710 e. The second kappa shape index (κ2) is 5.48. The Morgan fingerprint density at radius 1 is 1.25 bits per heavy atom. The van der Waals surface area contributed by atoms with Crippen molar-refractivity contribution in [1.29, 1.82) is 0 Å². The summed E-state index contributed by atoms with van der Waals surface area (Å²) < 4.78 is 6.28. The molecule has 1 heterocycles. The molecule has 94 valence electrons. The number of rotatable bonds is 4. The van der Waals surface area contributed by atoms with Crippen LogP contribution in [0.5, 0.6) is 0 Å². The van der Waals surface area contributed by atoms with E-state index in [1.165, 1.54) is 44.9 Å². The van der Waals surface area contributed by atoms with Crippen LogP contribution in [0.15, 0.2) is 0 Å². The number of nitrogens with zero attached hydrogens (tertiary/aromatic N) is 1. The topological polar surface area (TPSA) is 32.7 Å². The van der Waals surface area contributed by atoms with Crippen molar-refractivity contribution in [2.24, 2.45) is 0 Å². The minimum atomic E-state index is 0.239. The van der Waals surface area contributed by atoms with Crippen LogP contribution in [0.1, 0.15) is 44.9 Å². The molecule has 1 aliphatic heterocycles. The Bertz CT molecular complexity index is 214. The molecule has 1 spiro atoms. The normalized spacial score (nSPS) is 29.1. The highest BCUT2D eigenvalue weighted by Gasteiger charge is 2.40. The van der Waals surface area contributed by atoms with E-state index < -0.39 is 0 Å². The fourth-order valence-electron chi connectivity index (χ4n) is 3.20. The Morgan fingerprint density at radius 2 is 2.00 bits per heavy atom. The SMILES string of the molecule is CN(CCO)CC1CCC2(CCCCC2)O1. The van der Waals surface area contributed by atoms with Crippen LogP contribution < -0.4 is 0 Å². The highest BCUT2D eigenvalue weighted by Crippen LogP contribution is 2.41. The first-order valence-corrected chi connectivity index (χ1v) is 6.71. The highest BCUT2D eigenvalue weighted by atomic mass is 16.5. The van der Waals surface area contributed by atoms with E-state index in [4.69, 9.17) is 9.84 Å². The Morgan fingerprint density at radius 3 is 2.69 bits per heavy atom. The first-order chi connectivity index (χ1) is 7.74. The van der Waals surface area contributed by atoms with Crippen LogP contribution in [-0.4, -0.2) is 48.5 Å². The lowest BCUT2D eigenvalue weighted by Gasteiger charge is -2.33. The van der Waals surface area contributed by atoms with Crippen molar-refractivity contribution in [3.8, 4) is 0 Å². The van der Waals surface area contributed by atoms with Crippen molar-refractivity contribution in [3.05, 3.63) is 0 Å². The fourth-order valence-corrected chi connectivity index (χ4v) is 3.20. The second-order valence-corrected chi connectivity index (χ2v) is 5.51. The molecule has 1 saturated heterocycles. The summed E-state index contributed by atoms with van der Waals surface area (Å²) in [6.07, 6.45) is 9.48. The molecule has 1 unspecified atom stereocenters. The van der Waals surface area contributed by atoms with Crippen molar-refractivity contribution in [1.82, 2.24) is 4.90 Å². The number of ether oxygens (including phenoxy) is 1. The zero-order chi connectivity index (χ0) is 11.4. The molecule has 1 saturated carbocycles. The molecular formula is C13H25NO2.